The highest BCUT2D eigenvalue weighted by Gasteiger charge is 2.28. The van der Waals surface area contributed by atoms with E-state index >= 15 is 0 Å². The third-order valence-electron chi connectivity index (χ3n) is 4.18. The molecule has 0 bridgehead atoms. The van der Waals surface area contributed by atoms with Gasteiger partial charge in [0.1, 0.15) is 12.3 Å². The molecule has 26 heavy (non-hydrogen) atoms. The lowest BCUT2D eigenvalue weighted by atomic mass is 10.2. The number of amides is 3. The highest BCUT2D eigenvalue weighted by Crippen LogP contribution is 2.31. The highest BCUT2D eigenvalue weighted by molar-refractivity contribution is 6.06. The number of likely N-dealkylation sites (N-methyl/N-ethyl adjacent to an activating group) is 1. The Kier molecular flexibility index (Phi) is 4.88. The van der Waals surface area contributed by atoms with Crippen molar-refractivity contribution >= 4 is 29.1 Å². The Bertz CT molecular complexity index is 848. The molecule has 7 heteroatoms. The molecule has 0 aromatic heterocycles. The first-order valence-corrected chi connectivity index (χ1v) is 8.23. The van der Waals surface area contributed by atoms with Gasteiger partial charge >= 0.3 is 0 Å². The lowest BCUT2D eigenvalue weighted by Gasteiger charge is -2.31. The molecule has 0 saturated heterocycles. The molecule has 0 radical (unpaired) electrons. The summed E-state index contributed by atoms with van der Waals surface area (Å²) in [4.78, 5) is 39.2. The van der Waals surface area contributed by atoms with Crippen LogP contribution in [-0.4, -0.2) is 37.4 Å². The molecule has 2 aromatic carbocycles. The van der Waals surface area contributed by atoms with Gasteiger partial charge in [-0.25, -0.2) is 0 Å². The summed E-state index contributed by atoms with van der Waals surface area (Å²) in [7, 11) is 0. The Labute approximate surface area is 150 Å². The maximum atomic E-state index is 12.8. The maximum Gasteiger partial charge on any atom is 0.265 e. The topological polar surface area (TPSA) is 92.9 Å². The zero-order valence-electron chi connectivity index (χ0n) is 14.3. The van der Waals surface area contributed by atoms with Crippen LogP contribution in [0.4, 0.5) is 11.4 Å². The van der Waals surface area contributed by atoms with Crippen molar-refractivity contribution in [1.82, 2.24) is 0 Å². The average Bonchev–Trinajstić information content (AvgIpc) is 2.65. The van der Waals surface area contributed by atoms with Gasteiger partial charge in [-0.3, -0.25) is 19.3 Å². The SMILES string of the molecule is CCN(C(=O)CN1C(=O)COc2ccccc21)c1ccc(C(N)=O)cc1. The molecule has 0 spiro atoms. The molecule has 0 unspecified atom stereocenters. The van der Waals surface area contributed by atoms with Gasteiger partial charge in [-0.05, 0) is 43.3 Å². The van der Waals surface area contributed by atoms with Crippen LogP contribution in [0, 0.1) is 0 Å². The van der Waals surface area contributed by atoms with Crippen LogP contribution in [-0.2, 0) is 9.59 Å². The second kappa shape index (κ2) is 7.26. The van der Waals surface area contributed by atoms with E-state index in [1.165, 1.54) is 4.90 Å². The van der Waals surface area contributed by atoms with E-state index in [9.17, 15) is 14.4 Å². The normalized spacial score (nSPS) is 13.0. The summed E-state index contributed by atoms with van der Waals surface area (Å²) < 4.78 is 5.39. The molecular formula is C19H19N3O4. The summed E-state index contributed by atoms with van der Waals surface area (Å²) >= 11 is 0. The molecule has 0 fully saturated rings. The number of benzene rings is 2. The maximum absolute atomic E-state index is 12.8. The molecule has 2 N–H and O–H groups in total. The van der Waals surface area contributed by atoms with E-state index in [1.807, 2.05) is 13.0 Å². The number of primary amides is 1. The monoisotopic (exact) mass is 353 g/mol. The van der Waals surface area contributed by atoms with E-state index in [0.717, 1.165) is 0 Å². The molecule has 0 atom stereocenters. The first kappa shape index (κ1) is 17.5. The Morgan fingerprint density at radius 1 is 1.15 bits per heavy atom. The fraction of sp³-hybridized carbons (Fsp3) is 0.211. The third kappa shape index (κ3) is 3.37. The number of carbonyl (C=O) groups excluding carboxylic acids is 3. The summed E-state index contributed by atoms with van der Waals surface area (Å²) in [6.45, 7) is 2.08. The van der Waals surface area contributed by atoms with Crippen LogP contribution in [0.15, 0.2) is 48.5 Å². The third-order valence-corrected chi connectivity index (χ3v) is 4.18. The number of hydrogen-bond acceptors (Lipinski definition) is 4. The fourth-order valence-electron chi connectivity index (χ4n) is 2.86. The molecule has 1 aliphatic heterocycles. The van der Waals surface area contributed by atoms with Crippen molar-refractivity contribution in [1.29, 1.82) is 0 Å². The number of ether oxygens (including phenoxy) is 1. The van der Waals surface area contributed by atoms with Crippen LogP contribution in [0.2, 0.25) is 0 Å². The average molecular weight is 353 g/mol. The zero-order valence-corrected chi connectivity index (χ0v) is 14.3. The molecule has 3 rings (SSSR count). The second-order valence-corrected chi connectivity index (χ2v) is 5.79. The number of para-hydroxylation sites is 2. The zero-order chi connectivity index (χ0) is 18.7. The van der Waals surface area contributed by atoms with Crippen molar-refractivity contribution in [2.45, 2.75) is 6.92 Å². The summed E-state index contributed by atoms with van der Waals surface area (Å²) in [5, 5.41) is 0. The van der Waals surface area contributed by atoms with Crippen molar-refractivity contribution in [2.24, 2.45) is 5.73 Å². The smallest absolute Gasteiger partial charge is 0.265 e. The first-order valence-electron chi connectivity index (χ1n) is 8.23. The minimum Gasteiger partial charge on any atom is -0.482 e. The van der Waals surface area contributed by atoms with Gasteiger partial charge in [0.25, 0.3) is 5.91 Å². The number of carbonyl (C=O) groups is 3. The highest BCUT2D eigenvalue weighted by atomic mass is 16.5. The molecular weight excluding hydrogens is 334 g/mol. The van der Waals surface area contributed by atoms with Gasteiger partial charge in [-0.2, -0.15) is 0 Å². The molecule has 7 nitrogen and oxygen atoms in total. The quantitative estimate of drug-likeness (QED) is 0.883. The first-order chi connectivity index (χ1) is 12.5. The van der Waals surface area contributed by atoms with Gasteiger partial charge in [0.2, 0.25) is 11.8 Å². The van der Waals surface area contributed by atoms with E-state index in [1.54, 1.807) is 47.4 Å². The fourth-order valence-corrected chi connectivity index (χ4v) is 2.86. The predicted octanol–water partition coefficient (Wildman–Crippen LogP) is 1.56. The summed E-state index contributed by atoms with van der Waals surface area (Å²) in [6, 6.07) is 13.6. The van der Waals surface area contributed by atoms with E-state index in [2.05, 4.69) is 0 Å². The van der Waals surface area contributed by atoms with Crippen molar-refractivity contribution < 1.29 is 19.1 Å². The Morgan fingerprint density at radius 3 is 2.50 bits per heavy atom. The minimum absolute atomic E-state index is 0.0926. The van der Waals surface area contributed by atoms with Crippen LogP contribution in [0.5, 0.6) is 5.75 Å². The summed E-state index contributed by atoms with van der Waals surface area (Å²) in [5.74, 6) is -0.447. The molecule has 0 aliphatic carbocycles. The van der Waals surface area contributed by atoms with Crippen molar-refractivity contribution in [2.75, 3.05) is 29.5 Å². The standard InChI is InChI=1S/C19H19N3O4/c1-2-21(14-9-7-13(8-10-14)19(20)25)17(23)11-22-15-5-3-4-6-16(15)26-12-18(22)24/h3-10H,2,11-12H2,1H3,(H2,20,25). The number of nitrogens with two attached hydrogens (primary N) is 1. The molecule has 0 saturated carbocycles. The van der Waals surface area contributed by atoms with Gasteiger partial charge in [-0.15, -0.1) is 0 Å². The van der Waals surface area contributed by atoms with Gasteiger partial charge in [0.05, 0.1) is 5.69 Å². The van der Waals surface area contributed by atoms with Crippen LogP contribution in [0.25, 0.3) is 0 Å². The number of nitrogens with zero attached hydrogens (tertiary/aromatic N) is 2. The van der Waals surface area contributed by atoms with Crippen molar-refractivity contribution in [3.05, 3.63) is 54.1 Å². The van der Waals surface area contributed by atoms with Crippen molar-refractivity contribution in [3.8, 4) is 5.75 Å². The predicted molar refractivity (Wildman–Crippen MR) is 97.3 cm³/mol. The van der Waals surface area contributed by atoms with E-state index in [0.29, 0.717) is 29.2 Å². The molecule has 134 valence electrons. The lowest BCUT2D eigenvalue weighted by molar-refractivity contribution is -0.124. The lowest BCUT2D eigenvalue weighted by Crippen LogP contribution is -2.46. The van der Waals surface area contributed by atoms with Crippen LogP contribution in [0.1, 0.15) is 17.3 Å². The van der Waals surface area contributed by atoms with Crippen LogP contribution >= 0.6 is 0 Å². The van der Waals surface area contributed by atoms with Gasteiger partial charge < -0.3 is 15.4 Å². The molecule has 3 amide bonds. The number of fused-ring (bicyclic) bond motifs is 1. The number of anilines is 2. The summed E-state index contributed by atoms with van der Waals surface area (Å²) in [5.41, 5.74) is 6.83. The Hall–Kier alpha value is -3.35. The number of rotatable bonds is 5. The van der Waals surface area contributed by atoms with Crippen LogP contribution in [0.3, 0.4) is 0 Å². The van der Waals surface area contributed by atoms with Gasteiger partial charge in [-0.1, -0.05) is 12.1 Å². The van der Waals surface area contributed by atoms with Crippen molar-refractivity contribution in [3.63, 3.8) is 0 Å². The van der Waals surface area contributed by atoms with E-state index in [-0.39, 0.29) is 25.0 Å². The van der Waals surface area contributed by atoms with E-state index < -0.39 is 5.91 Å². The molecule has 1 heterocycles. The van der Waals surface area contributed by atoms with E-state index in [4.69, 9.17) is 10.5 Å². The number of hydrogen-bond donors (Lipinski definition) is 1. The minimum atomic E-state index is -0.526. The largest absolute Gasteiger partial charge is 0.482 e. The summed E-state index contributed by atoms with van der Waals surface area (Å²) in [6.07, 6.45) is 0. The Balaban J connectivity index is 1.81. The Morgan fingerprint density at radius 2 is 1.85 bits per heavy atom. The van der Waals surface area contributed by atoms with Gasteiger partial charge in [0.15, 0.2) is 6.61 Å². The molecule has 2 aromatic rings. The van der Waals surface area contributed by atoms with Gasteiger partial charge in [0, 0.05) is 17.8 Å². The van der Waals surface area contributed by atoms with Crippen LogP contribution < -0.4 is 20.3 Å². The molecule has 1 aliphatic rings. The second-order valence-electron chi connectivity index (χ2n) is 5.79.